The number of aliphatic imine (C=N–C) groups is 1. The minimum absolute atomic E-state index is 0.216. The molecule has 7 nitrogen and oxygen atoms in total. The Kier molecular flexibility index (Phi) is 7.43. The quantitative estimate of drug-likeness (QED) is 0.390. The van der Waals surface area contributed by atoms with Gasteiger partial charge in [-0.05, 0) is 77.9 Å². The van der Waals surface area contributed by atoms with Gasteiger partial charge in [0.2, 0.25) is 0 Å². The van der Waals surface area contributed by atoms with E-state index in [2.05, 4.69) is 10.3 Å². The van der Waals surface area contributed by atoms with Crippen LogP contribution in [0.4, 0.5) is 5.69 Å². The molecule has 0 atom stereocenters. The first-order valence-corrected chi connectivity index (χ1v) is 11.7. The van der Waals surface area contributed by atoms with E-state index in [0.717, 1.165) is 16.7 Å². The molecule has 0 unspecified atom stereocenters. The van der Waals surface area contributed by atoms with Gasteiger partial charge >= 0.3 is 5.97 Å². The van der Waals surface area contributed by atoms with Gasteiger partial charge in [-0.25, -0.2) is 9.79 Å². The number of nitrogens with zero attached hydrogens (tertiary/aromatic N) is 1. The fourth-order valence-electron chi connectivity index (χ4n) is 3.26. The number of aromatic carboxylic acids is 1. The third kappa shape index (κ3) is 5.85. The van der Waals surface area contributed by atoms with Crippen LogP contribution in [0.3, 0.4) is 0 Å². The van der Waals surface area contributed by atoms with Crippen molar-refractivity contribution in [2.45, 2.75) is 13.5 Å². The van der Waals surface area contributed by atoms with Crippen LogP contribution in [0.2, 0.25) is 5.02 Å². The lowest BCUT2D eigenvalue weighted by atomic mass is 10.1. The number of methoxy groups -OCH3 is 1. The second-order valence-corrected chi connectivity index (χ2v) is 9.00. The van der Waals surface area contributed by atoms with E-state index in [1.165, 1.54) is 31.0 Å². The van der Waals surface area contributed by atoms with Gasteiger partial charge in [0.05, 0.1) is 23.3 Å². The summed E-state index contributed by atoms with van der Waals surface area (Å²) in [6, 6.07) is 17.3. The van der Waals surface area contributed by atoms with Gasteiger partial charge in [0.15, 0.2) is 16.7 Å². The molecule has 4 rings (SSSR count). The highest BCUT2D eigenvalue weighted by Crippen LogP contribution is 2.33. The Labute approximate surface area is 211 Å². The van der Waals surface area contributed by atoms with E-state index < -0.39 is 5.97 Å². The number of carboxylic acids is 1. The molecule has 178 valence electrons. The number of rotatable bonds is 7. The zero-order valence-electron chi connectivity index (χ0n) is 18.9. The van der Waals surface area contributed by atoms with E-state index in [1.807, 2.05) is 25.1 Å². The molecule has 0 aromatic heterocycles. The fourth-order valence-corrected chi connectivity index (χ4v) is 4.26. The number of halogens is 1. The molecule has 9 heteroatoms. The lowest BCUT2D eigenvalue weighted by Crippen LogP contribution is -2.19. The number of amides is 1. The van der Waals surface area contributed by atoms with Crippen LogP contribution in [0.1, 0.15) is 27.0 Å². The molecule has 1 aliphatic rings. The molecule has 0 radical (unpaired) electrons. The lowest BCUT2D eigenvalue weighted by Gasteiger charge is -2.11. The Morgan fingerprint density at radius 1 is 1.14 bits per heavy atom. The predicted molar refractivity (Wildman–Crippen MR) is 138 cm³/mol. The first kappa shape index (κ1) is 24.4. The van der Waals surface area contributed by atoms with Gasteiger partial charge in [0.25, 0.3) is 5.91 Å². The summed E-state index contributed by atoms with van der Waals surface area (Å²) in [5, 5.41) is 12.9. The van der Waals surface area contributed by atoms with Crippen molar-refractivity contribution in [1.29, 1.82) is 0 Å². The topological polar surface area (TPSA) is 97.2 Å². The smallest absolute Gasteiger partial charge is 0.335 e. The average Bonchev–Trinajstić information content (AvgIpc) is 3.19. The Hall–Kier alpha value is -3.75. The SMILES string of the molecule is COc1cc(/C=C2/SC(=Nc3cccc(Cl)c3C)NC2=O)ccc1OCc1ccc(C(=O)O)cc1. The summed E-state index contributed by atoms with van der Waals surface area (Å²) in [5.74, 6) is -0.180. The standard InChI is InChI=1S/C26H21ClN2O5S/c1-15-19(27)4-3-5-20(15)28-26-29-24(30)23(35-26)13-17-8-11-21(22(12-17)33-2)34-14-16-6-9-18(10-7-16)25(31)32/h3-13H,14H2,1-2H3,(H,31,32)(H,28,29,30)/b23-13+. The number of carbonyl (C=O) groups excluding carboxylic acids is 1. The first-order chi connectivity index (χ1) is 16.8. The predicted octanol–water partition coefficient (Wildman–Crippen LogP) is 5.83. The highest BCUT2D eigenvalue weighted by molar-refractivity contribution is 8.18. The molecule has 1 aliphatic heterocycles. The van der Waals surface area contributed by atoms with Gasteiger partial charge < -0.3 is 19.9 Å². The molecule has 0 saturated carbocycles. The van der Waals surface area contributed by atoms with Crippen LogP contribution >= 0.6 is 23.4 Å². The van der Waals surface area contributed by atoms with Crippen molar-refractivity contribution >= 4 is 52.2 Å². The monoisotopic (exact) mass is 508 g/mol. The maximum Gasteiger partial charge on any atom is 0.335 e. The summed E-state index contributed by atoms with van der Waals surface area (Å²) < 4.78 is 11.3. The molecule has 35 heavy (non-hydrogen) atoms. The Morgan fingerprint density at radius 2 is 1.91 bits per heavy atom. The summed E-state index contributed by atoms with van der Waals surface area (Å²) in [4.78, 5) is 28.5. The third-order valence-electron chi connectivity index (χ3n) is 5.19. The molecule has 1 amide bonds. The third-order valence-corrected chi connectivity index (χ3v) is 6.51. The van der Waals surface area contributed by atoms with Crippen LogP contribution < -0.4 is 14.8 Å². The summed E-state index contributed by atoms with van der Waals surface area (Å²) in [7, 11) is 1.54. The zero-order valence-corrected chi connectivity index (χ0v) is 20.4. The van der Waals surface area contributed by atoms with Gasteiger partial charge in [0, 0.05) is 5.02 Å². The van der Waals surface area contributed by atoms with Gasteiger partial charge in [-0.15, -0.1) is 0 Å². The number of carbonyl (C=O) groups is 2. The highest BCUT2D eigenvalue weighted by Gasteiger charge is 2.24. The molecule has 2 N–H and O–H groups in total. The van der Waals surface area contributed by atoms with Gasteiger partial charge in [-0.2, -0.15) is 0 Å². The van der Waals surface area contributed by atoms with Crippen molar-refractivity contribution in [3.63, 3.8) is 0 Å². The number of hydrogen-bond acceptors (Lipinski definition) is 6. The van der Waals surface area contributed by atoms with Crippen molar-refractivity contribution in [2.75, 3.05) is 7.11 Å². The Balaban J connectivity index is 1.48. The maximum atomic E-state index is 12.5. The highest BCUT2D eigenvalue weighted by atomic mass is 35.5. The van der Waals surface area contributed by atoms with E-state index in [-0.39, 0.29) is 18.1 Å². The molecule has 1 heterocycles. The van der Waals surface area contributed by atoms with Crippen LogP contribution in [0.5, 0.6) is 11.5 Å². The Morgan fingerprint density at radius 3 is 2.63 bits per heavy atom. The summed E-state index contributed by atoms with van der Waals surface area (Å²) in [6.45, 7) is 2.12. The Bertz CT molecular complexity index is 1350. The van der Waals surface area contributed by atoms with Crippen LogP contribution in [0, 0.1) is 6.92 Å². The molecule has 3 aromatic carbocycles. The second-order valence-electron chi connectivity index (χ2n) is 7.57. The van der Waals surface area contributed by atoms with Crippen molar-refractivity contribution < 1.29 is 24.2 Å². The van der Waals surface area contributed by atoms with Gasteiger partial charge in [-0.3, -0.25) is 4.79 Å². The number of ether oxygens (including phenoxy) is 2. The largest absolute Gasteiger partial charge is 0.493 e. The van der Waals surface area contributed by atoms with Gasteiger partial charge in [-0.1, -0.05) is 35.9 Å². The van der Waals surface area contributed by atoms with Crippen LogP contribution in [-0.2, 0) is 11.4 Å². The minimum Gasteiger partial charge on any atom is -0.493 e. The number of carboxylic acid groups (broad SMARTS) is 1. The van der Waals surface area contributed by atoms with Crippen molar-refractivity contribution in [3.8, 4) is 11.5 Å². The molecular formula is C26H21ClN2O5S. The van der Waals surface area contributed by atoms with E-state index in [1.54, 1.807) is 36.4 Å². The minimum atomic E-state index is -0.976. The average molecular weight is 509 g/mol. The van der Waals surface area contributed by atoms with Crippen LogP contribution in [0.15, 0.2) is 70.6 Å². The van der Waals surface area contributed by atoms with Crippen molar-refractivity contribution in [2.24, 2.45) is 4.99 Å². The van der Waals surface area contributed by atoms with E-state index >= 15 is 0 Å². The van der Waals surface area contributed by atoms with Gasteiger partial charge in [0.1, 0.15) is 6.61 Å². The number of benzene rings is 3. The number of amidine groups is 1. The van der Waals surface area contributed by atoms with Crippen molar-refractivity contribution in [1.82, 2.24) is 5.32 Å². The number of thioether (sulfide) groups is 1. The molecule has 1 saturated heterocycles. The normalized spacial score (nSPS) is 15.3. The molecule has 3 aromatic rings. The lowest BCUT2D eigenvalue weighted by molar-refractivity contribution is -0.115. The number of nitrogens with one attached hydrogen (secondary N) is 1. The van der Waals surface area contributed by atoms with Crippen molar-refractivity contribution in [3.05, 3.63) is 92.8 Å². The second kappa shape index (κ2) is 10.7. The molecule has 0 bridgehead atoms. The maximum absolute atomic E-state index is 12.5. The van der Waals surface area contributed by atoms with Crippen LogP contribution in [0.25, 0.3) is 6.08 Å². The molecular weight excluding hydrogens is 488 g/mol. The van der Waals surface area contributed by atoms with E-state index in [9.17, 15) is 9.59 Å². The summed E-state index contributed by atoms with van der Waals surface area (Å²) in [6.07, 6.45) is 1.75. The van der Waals surface area contributed by atoms with E-state index in [0.29, 0.717) is 32.3 Å². The molecule has 1 fully saturated rings. The summed E-state index contributed by atoms with van der Waals surface area (Å²) in [5.41, 5.74) is 3.34. The molecule has 0 aliphatic carbocycles. The molecule has 0 spiro atoms. The summed E-state index contributed by atoms with van der Waals surface area (Å²) >= 11 is 7.41. The zero-order chi connectivity index (χ0) is 24.9. The number of hydrogen-bond donors (Lipinski definition) is 2. The fraction of sp³-hybridized carbons (Fsp3) is 0.115. The first-order valence-electron chi connectivity index (χ1n) is 10.5. The van der Waals surface area contributed by atoms with E-state index in [4.69, 9.17) is 26.2 Å². The van der Waals surface area contributed by atoms with Crippen LogP contribution in [-0.4, -0.2) is 29.3 Å².